The van der Waals surface area contributed by atoms with Crippen molar-refractivity contribution in [2.24, 2.45) is 0 Å². The second-order valence-electron chi connectivity index (χ2n) is 23.7. The van der Waals surface area contributed by atoms with Crippen molar-refractivity contribution in [3.63, 3.8) is 0 Å². The highest BCUT2D eigenvalue weighted by Crippen LogP contribution is 2.17. The fourth-order valence-electron chi connectivity index (χ4n) is 9.22. The van der Waals surface area contributed by atoms with Crippen LogP contribution < -0.4 is 0 Å². The highest BCUT2D eigenvalue weighted by Gasteiger charge is 2.25. The molecule has 9 nitrogen and oxygen atoms in total. The largest absolute Gasteiger partial charge is 0.477 e. The van der Waals surface area contributed by atoms with Gasteiger partial charge in [-0.15, -0.1) is 0 Å². The third kappa shape index (κ3) is 66.8. The molecule has 85 heavy (non-hydrogen) atoms. The van der Waals surface area contributed by atoms with Crippen LogP contribution in [-0.2, 0) is 33.3 Å². The molecule has 0 aromatic carbocycles. The number of carboxylic acids is 1. The van der Waals surface area contributed by atoms with E-state index < -0.39 is 24.3 Å². The molecule has 0 aliphatic heterocycles. The average Bonchev–Trinajstić information content (AvgIpc) is 3.48. The fourth-order valence-corrected chi connectivity index (χ4v) is 9.22. The molecular weight excluding hydrogens is 1050 g/mol. The number of quaternary nitrogens is 1. The summed E-state index contributed by atoms with van der Waals surface area (Å²) in [7, 11) is 5.97. The molecule has 0 aliphatic rings. The van der Waals surface area contributed by atoms with E-state index in [1.807, 2.05) is 21.1 Å². The maximum absolute atomic E-state index is 12.9. The van der Waals surface area contributed by atoms with Crippen LogP contribution in [0.2, 0.25) is 0 Å². The van der Waals surface area contributed by atoms with Crippen LogP contribution in [0.3, 0.4) is 0 Å². The Morgan fingerprint density at radius 3 is 0.941 bits per heavy atom. The molecule has 9 heteroatoms. The number of carbonyl (C=O) groups is 3. The standard InChI is InChI=1S/C76H127NO8/c1-6-8-10-12-14-16-18-20-22-24-26-28-30-32-34-36-37-39-40-42-44-46-48-50-52-54-56-58-60-62-64-66-73(78)83-70-72(71-84-76(75(80)81)82-69-68-77(3,4)5)85-74(79)67-65-63-61-59-57-55-53-51-49-47-45-43-41-38-35-33-31-29-27-25-23-21-19-17-15-13-11-9-7-2/h8-11,14-17,20-23,26-29,32-35,41,43,72,76H,6-7,12-13,18-19,24-25,30-31,36-40,42,44-71H2,1-5H3/p+1/b10-8-,11-9-,16-14-,17-15-,22-20-,23-21-,28-26-,29-27-,34-32-,35-33-,43-41-. The minimum atomic E-state index is -1.52. The molecule has 0 aromatic rings. The number of ether oxygens (including phenoxy) is 4. The number of unbranched alkanes of at least 4 members (excludes halogenated alkanes) is 25. The first-order valence-corrected chi connectivity index (χ1v) is 34.3. The van der Waals surface area contributed by atoms with Crippen LogP contribution in [0.1, 0.15) is 271 Å². The Hall–Kier alpha value is -4.57. The van der Waals surface area contributed by atoms with Gasteiger partial charge in [-0.25, -0.2) is 4.79 Å². The summed E-state index contributed by atoms with van der Waals surface area (Å²) in [4.78, 5) is 37.6. The number of likely N-dealkylation sites (N-methyl/N-ethyl adjacent to an activating group) is 1. The lowest BCUT2D eigenvalue weighted by atomic mass is 10.0. The predicted octanol–water partition coefficient (Wildman–Crippen LogP) is 21.4. The van der Waals surface area contributed by atoms with Crippen molar-refractivity contribution < 1.29 is 42.9 Å². The van der Waals surface area contributed by atoms with Gasteiger partial charge >= 0.3 is 17.9 Å². The number of hydrogen-bond donors (Lipinski definition) is 1. The van der Waals surface area contributed by atoms with Crippen molar-refractivity contribution >= 4 is 17.9 Å². The number of carbonyl (C=O) groups excluding carboxylic acids is 2. The normalized spacial score (nSPS) is 13.6. The van der Waals surface area contributed by atoms with Crippen molar-refractivity contribution in [3.05, 3.63) is 134 Å². The van der Waals surface area contributed by atoms with Crippen LogP contribution in [0.15, 0.2) is 134 Å². The van der Waals surface area contributed by atoms with E-state index in [9.17, 15) is 19.5 Å². The Kier molecular flexibility index (Phi) is 61.9. The van der Waals surface area contributed by atoms with Crippen LogP contribution in [-0.4, -0.2) is 87.4 Å². The van der Waals surface area contributed by atoms with Gasteiger partial charge in [-0.3, -0.25) is 9.59 Å². The number of esters is 2. The van der Waals surface area contributed by atoms with E-state index in [-0.39, 0.29) is 32.2 Å². The Bertz CT molecular complexity index is 1860. The molecule has 0 spiro atoms. The molecular formula is C76H128NO8+. The van der Waals surface area contributed by atoms with Gasteiger partial charge in [0, 0.05) is 12.8 Å². The van der Waals surface area contributed by atoms with E-state index in [1.54, 1.807) is 0 Å². The molecule has 0 aromatic heterocycles. The summed E-state index contributed by atoms with van der Waals surface area (Å²) in [6, 6.07) is 0. The molecule has 0 radical (unpaired) electrons. The molecule has 0 aliphatic carbocycles. The molecule has 1 N–H and O–H groups in total. The molecule has 0 saturated heterocycles. The number of aliphatic carboxylic acids is 1. The zero-order chi connectivity index (χ0) is 61.9. The minimum absolute atomic E-state index is 0.181. The highest BCUT2D eigenvalue weighted by atomic mass is 16.7. The molecule has 0 rings (SSSR count). The van der Waals surface area contributed by atoms with Crippen LogP contribution in [0, 0.1) is 0 Å². The molecule has 0 bridgehead atoms. The Labute approximate surface area is 522 Å². The van der Waals surface area contributed by atoms with E-state index in [0.29, 0.717) is 23.9 Å². The van der Waals surface area contributed by atoms with E-state index >= 15 is 0 Å². The topological polar surface area (TPSA) is 108 Å². The zero-order valence-electron chi connectivity index (χ0n) is 55.2. The second-order valence-corrected chi connectivity index (χ2v) is 23.7. The Morgan fingerprint density at radius 1 is 0.353 bits per heavy atom. The fraction of sp³-hybridized carbons (Fsp3) is 0.671. The Balaban J connectivity index is 4.16. The molecule has 0 saturated carbocycles. The summed E-state index contributed by atoms with van der Waals surface area (Å²) in [6.07, 6.45) is 91.2. The number of nitrogens with zero attached hydrogens (tertiary/aromatic N) is 1. The molecule has 0 fully saturated rings. The quantitative estimate of drug-likeness (QED) is 0.0211. The van der Waals surface area contributed by atoms with Gasteiger partial charge < -0.3 is 28.5 Å². The lowest BCUT2D eigenvalue weighted by Crippen LogP contribution is -2.40. The third-order valence-electron chi connectivity index (χ3n) is 14.4. The summed E-state index contributed by atoms with van der Waals surface area (Å²) >= 11 is 0. The van der Waals surface area contributed by atoms with Gasteiger partial charge in [-0.2, -0.15) is 0 Å². The number of rotatable bonds is 62. The first-order chi connectivity index (χ1) is 41.6. The maximum Gasteiger partial charge on any atom is 0.361 e. The van der Waals surface area contributed by atoms with E-state index in [4.69, 9.17) is 18.9 Å². The molecule has 2 atom stereocenters. The summed E-state index contributed by atoms with van der Waals surface area (Å²) in [5.41, 5.74) is 0. The average molecular weight is 1180 g/mol. The monoisotopic (exact) mass is 1180 g/mol. The molecule has 2 unspecified atom stereocenters. The van der Waals surface area contributed by atoms with E-state index in [1.165, 1.54) is 122 Å². The minimum Gasteiger partial charge on any atom is -0.477 e. The Morgan fingerprint density at radius 2 is 0.635 bits per heavy atom. The number of hydrogen-bond acceptors (Lipinski definition) is 7. The van der Waals surface area contributed by atoms with Crippen molar-refractivity contribution in [1.29, 1.82) is 0 Å². The van der Waals surface area contributed by atoms with Gasteiger partial charge in [0.2, 0.25) is 0 Å². The van der Waals surface area contributed by atoms with Gasteiger partial charge in [0.25, 0.3) is 6.29 Å². The summed E-state index contributed by atoms with van der Waals surface area (Å²) in [5, 5.41) is 9.75. The SMILES string of the molecule is CC/C=C\C/C=C\C/C=C\C/C=C\C/C=C\C/C=C\CCCCCCCCCCCCC(=O)OC(COC(=O)CCCCCCCCCCCCCCCCC/C=C\C/C=C\C/C=C\C/C=C\C/C=C\CC)COC(OCC[N+](C)(C)C)C(=O)O. The van der Waals surface area contributed by atoms with Crippen molar-refractivity contribution in [3.8, 4) is 0 Å². The van der Waals surface area contributed by atoms with Crippen LogP contribution >= 0.6 is 0 Å². The first kappa shape index (κ1) is 80.4. The second kappa shape index (κ2) is 65.4. The van der Waals surface area contributed by atoms with Crippen molar-refractivity contribution in [2.45, 2.75) is 283 Å². The smallest absolute Gasteiger partial charge is 0.361 e. The number of carboxylic acid groups (broad SMARTS) is 1. The maximum atomic E-state index is 12.9. The van der Waals surface area contributed by atoms with Crippen LogP contribution in [0.5, 0.6) is 0 Å². The first-order valence-electron chi connectivity index (χ1n) is 34.3. The van der Waals surface area contributed by atoms with Gasteiger partial charge in [-0.05, 0) is 109 Å². The summed E-state index contributed by atoms with van der Waals surface area (Å²) in [5.74, 6) is -2.01. The summed E-state index contributed by atoms with van der Waals surface area (Å²) in [6.45, 7) is 4.65. The van der Waals surface area contributed by atoms with Gasteiger partial charge in [0.15, 0.2) is 6.10 Å². The van der Waals surface area contributed by atoms with Crippen LogP contribution in [0.4, 0.5) is 0 Å². The van der Waals surface area contributed by atoms with E-state index in [0.717, 1.165) is 116 Å². The highest BCUT2D eigenvalue weighted by molar-refractivity contribution is 5.71. The lowest BCUT2D eigenvalue weighted by Gasteiger charge is -2.25. The van der Waals surface area contributed by atoms with Gasteiger partial charge in [-0.1, -0.05) is 282 Å². The van der Waals surface area contributed by atoms with Crippen molar-refractivity contribution in [2.75, 3.05) is 47.5 Å². The molecule has 0 heterocycles. The third-order valence-corrected chi connectivity index (χ3v) is 14.4. The van der Waals surface area contributed by atoms with Crippen molar-refractivity contribution in [1.82, 2.24) is 0 Å². The summed E-state index contributed by atoms with van der Waals surface area (Å²) < 4.78 is 23.0. The molecule has 484 valence electrons. The van der Waals surface area contributed by atoms with Gasteiger partial charge in [0.1, 0.15) is 13.2 Å². The number of allylic oxidation sites excluding steroid dienone is 22. The zero-order valence-corrected chi connectivity index (χ0v) is 55.2. The van der Waals surface area contributed by atoms with Crippen LogP contribution in [0.25, 0.3) is 0 Å². The van der Waals surface area contributed by atoms with E-state index in [2.05, 4.69) is 148 Å². The van der Waals surface area contributed by atoms with Gasteiger partial charge in [0.05, 0.1) is 34.4 Å². The molecule has 0 amide bonds. The lowest BCUT2D eigenvalue weighted by molar-refractivity contribution is -0.870. The predicted molar refractivity (Wildman–Crippen MR) is 364 cm³/mol.